The minimum atomic E-state index is -0.393. The van der Waals surface area contributed by atoms with E-state index in [4.69, 9.17) is 4.74 Å². The Balaban J connectivity index is 1.81. The van der Waals surface area contributed by atoms with Crippen LogP contribution < -0.4 is 10.1 Å². The Morgan fingerprint density at radius 3 is 3.00 bits per heavy atom. The molecule has 1 aliphatic carbocycles. The first-order chi connectivity index (χ1) is 10.6. The Labute approximate surface area is 133 Å². The van der Waals surface area contributed by atoms with Crippen molar-refractivity contribution >= 4 is 22.9 Å². The molecule has 1 unspecified atom stereocenters. The van der Waals surface area contributed by atoms with Gasteiger partial charge >= 0.3 is 0 Å². The van der Waals surface area contributed by atoms with Gasteiger partial charge in [-0.25, -0.2) is 4.39 Å². The maximum atomic E-state index is 13.2. The molecule has 0 aliphatic heterocycles. The standard InChI is InChI=1S/C17H18FNO2S/c1-10-3-6-15-11(7-10)8-16(22-15)17(20)19-13-5-4-12(18)9-14(13)21-2/h4-5,8-10H,3,6-7H2,1-2H3,(H,19,20). The SMILES string of the molecule is COc1cc(F)ccc1NC(=O)c1cc2c(s1)CCC(C)C2. The van der Waals surface area contributed by atoms with Crippen LogP contribution in [0.1, 0.15) is 33.5 Å². The molecule has 1 amide bonds. The lowest BCUT2D eigenvalue weighted by Gasteiger charge is -2.16. The Morgan fingerprint density at radius 2 is 2.23 bits per heavy atom. The maximum Gasteiger partial charge on any atom is 0.265 e. The van der Waals surface area contributed by atoms with E-state index in [1.807, 2.05) is 6.07 Å². The first-order valence-corrected chi connectivity index (χ1v) is 8.15. The predicted octanol–water partition coefficient (Wildman–Crippen LogP) is 4.27. The summed E-state index contributed by atoms with van der Waals surface area (Å²) in [6.07, 6.45) is 3.27. The second-order valence-electron chi connectivity index (χ2n) is 5.71. The van der Waals surface area contributed by atoms with Crippen molar-refractivity contribution in [2.75, 3.05) is 12.4 Å². The summed E-state index contributed by atoms with van der Waals surface area (Å²) in [4.78, 5) is 14.4. The summed E-state index contributed by atoms with van der Waals surface area (Å²) in [6, 6.07) is 6.07. The quantitative estimate of drug-likeness (QED) is 0.917. The zero-order valence-electron chi connectivity index (χ0n) is 12.6. The number of methoxy groups -OCH3 is 1. The van der Waals surface area contributed by atoms with Crippen LogP contribution in [0.5, 0.6) is 5.75 Å². The Bertz CT molecular complexity index is 711. The largest absolute Gasteiger partial charge is 0.494 e. The summed E-state index contributed by atoms with van der Waals surface area (Å²) >= 11 is 1.55. The summed E-state index contributed by atoms with van der Waals surface area (Å²) in [5.41, 5.74) is 1.77. The molecular formula is C17H18FNO2S. The smallest absolute Gasteiger partial charge is 0.265 e. The number of aryl methyl sites for hydroxylation is 1. The Hall–Kier alpha value is -1.88. The van der Waals surface area contributed by atoms with Gasteiger partial charge in [-0.15, -0.1) is 11.3 Å². The van der Waals surface area contributed by atoms with Crippen LogP contribution in [0.25, 0.3) is 0 Å². The number of nitrogens with one attached hydrogen (secondary N) is 1. The molecule has 1 aromatic heterocycles. The molecule has 116 valence electrons. The van der Waals surface area contributed by atoms with Crippen molar-refractivity contribution in [1.82, 2.24) is 0 Å². The molecule has 1 aliphatic rings. The van der Waals surface area contributed by atoms with E-state index in [1.165, 1.54) is 42.2 Å². The van der Waals surface area contributed by atoms with Gasteiger partial charge in [0.25, 0.3) is 5.91 Å². The highest BCUT2D eigenvalue weighted by atomic mass is 32.1. The number of rotatable bonds is 3. The zero-order valence-corrected chi connectivity index (χ0v) is 13.4. The van der Waals surface area contributed by atoms with E-state index in [1.54, 1.807) is 11.3 Å². The molecule has 0 saturated carbocycles. The van der Waals surface area contributed by atoms with E-state index in [2.05, 4.69) is 12.2 Å². The molecule has 1 N–H and O–H groups in total. The van der Waals surface area contributed by atoms with E-state index >= 15 is 0 Å². The van der Waals surface area contributed by atoms with Gasteiger partial charge in [0.05, 0.1) is 17.7 Å². The van der Waals surface area contributed by atoms with E-state index < -0.39 is 5.82 Å². The van der Waals surface area contributed by atoms with Crippen LogP contribution in [0.15, 0.2) is 24.3 Å². The van der Waals surface area contributed by atoms with Crippen molar-refractivity contribution in [3.8, 4) is 5.75 Å². The summed E-state index contributed by atoms with van der Waals surface area (Å²) in [6.45, 7) is 2.24. The number of thiophene rings is 1. The third-order valence-corrected chi connectivity index (χ3v) is 5.20. The van der Waals surface area contributed by atoms with Gasteiger partial charge in [0.1, 0.15) is 11.6 Å². The van der Waals surface area contributed by atoms with Crippen molar-refractivity contribution in [2.45, 2.75) is 26.2 Å². The lowest BCUT2D eigenvalue weighted by Crippen LogP contribution is -2.11. The molecule has 2 aromatic rings. The van der Waals surface area contributed by atoms with Crippen LogP contribution in [0.3, 0.4) is 0 Å². The highest BCUT2D eigenvalue weighted by Gasteiger charge is 2.21. The van der Waals surface area contributed by atoms with Crippen LogP contribution in [-0.2, 0) is 12.8 Å². The van der Waals surface area contributed by atoms with Crippen LogP contribution in [0, 0.1) is 11.7 Å². The normalized spacial score (nSPS) is 17.0. The van der Waals surface area contributed by atoms with Crippen molar-refractivity contribution in [2.24, 2.45) is 5.92 Å². The number of halogens is 1. The zero-order chi connectivity index (χ0) is 15.7. The molecule has 3 nitrogen and oxygen atoms in total. The number of hydrogen-bond acceptors (Lipinski definition) is 3. The number of ether oxygens (including phenoxy) is 1. The van der Waals surface area contributed by atoms with Crippen molar-refractivity contribution in [3.05, 3.63) is 45.4 Å². The molecule has 0 saturated heterocycles. The van der Waals surface area contributed by atoms with Crippen LogP contribution in [-0.4, -0.2) is 13.0 Å². The number of carbonyl (C=O) groups excluding carboxylic acids is 1. The van der Waals surface area contributed by atoms with Gasteiger partial charge in [-0.3, -0.25) is 4.79 Å². The highest BCUT2D eigenvalue weighted by Crippen LogP contribution is 2.33. The molecule has 22 heavy (non-hydrogen) atoms. The highest BCUT2D eigenvalue weighted by molar-refractivity contribution is 7.14. The van der Waals surface area contributed by atoms with E-state index in [-0.39, 0.29) is 5.91 Å². The number of fused-ring (bicyclic) bond motifs is 1. The molecule has 0 spiro atoms. The minimum Gasteiger partial charge on any atom is -0.494 e. The second-order valence-corrected chi connectivity index (χ2v) is 6.84. The fourth-order valence-electron chi connectivity index (χ4n) is 2.77. The van der Waals surface area contributed by atoms with Crippen LogP contribution in [0.4, 0.5) is 10.1 Å². The van der Waals surface area contributed by atoms with Crippen LogP contribution in [0.2, 0.25) is 0 Å². The average molecular weight is 319 g/mol. The van der Waals surface area contributed by atoms with Gasteiger partial charge in [0, 0.05) is 10.9 Å². The third kappa shape index (κ3) is 2.99. The summed E-state index contributed by atoms with van der Waals surface area (Å²) in [5, 5.41) is 2.81. The van der Waals surface area contributed by atoms with Gasteiger partial charge in [-0.05, 0) is 48.9 Å². The minimum absolute atomic E-state index is 0.169. The summed E-state index contributed by atoms with van der Waals surface area (Å²) in [7, 11) is 1.45. The molecule has 0 fully saturated rings. The number of carbonyl (C=O) groups is 1. The molecule has 5 heteroatoms. The average Bonchev–Trinajstić information content (AvgIpc) is 2.92. The monoisotopic (exact) mass is 319 g/mol. The second kappa shape index (κ2) is 6.08. The Morgan fingerprint density at radius 1 is 1.41 bits per heavy atom. The Kier molecular flexibility index (Phi) is 4.16. The summed E-state index contributed by atoms with van der Waals surface area (Å²) < 4.78 is 18.3. The lowest BCUT2D eigenvalue weighted by atomic mass is 9.90. The van der Waals surface area contributed by atoms with Gasteiger partial charge in [-0.2, -0.15) is 0 Å². The van der Waals surface area contributed by atoms with Crippen molar-refractivity contribution < 1.29 is 13.9 Å². The van der Waals surface area contributed by atoms with Gasteiger partial charge < -0.3 is 10.1 Å². The van der Waals surface area contributed by atoms with Gasteiger partial charge in [0.15, 0.2) is 0 Å². The molecule has 3 rings (SSSR count). The number of benzene rings is 1. The molecular weight excluding hydrogens is 301 g/mol. The van der Waals surface area contributed by atoms with Crippen LogP contribution >= 0.6 is 11.3 Å². The molecule has 1 aromatic carbocycles. The van der Waals surface area contributed by atoms with Crippen molar-refractivity contribution in [1.29, 1.82) is 0 Å². The van der Waals surface area contributed by atoms with E-state index in [0.717, 1.165) is 12.8 Å². The number of amides is 1. The fraction of sp³-hybridized carbons (Fsp3) is 0.353. The topological polar surface area (TPSA) is 38.3 Å². The van der Waals surface area contributed by atoms with Gasteiger partial charge in [0.2, 0.25) is 0 Å². The van der Waals surface area contributed by atoms with E-state index in [9.17, 15) is 9.18 Å². The fourth-order valence-corrected chi connectivity index (χ4v) is 3.87. The molecule has 0 radical (unpaired) electrons. The third-order valence-electron chi connectivity index (χ3n) is 3.96. The van der Waals surface area contributed by atoms with Gasteiger partial charge in [-0.1, -0.05) is 6.92 Å². The first kappa shape index (κ1) is 15.0. The number of hydrogen-bond donors (Lipinski definition) is 1. The molecule has 1 atom stereocenters. The first-order valence-electron chi connectivity index (χ1n) is 7.33. The van der Waals surface area contributed by atoms with E-state index in [0.29, 0.717) is 22.2 Å². The predicted molar refractivity (Wildman–Crippen MR) is 86.4 cm³/mol. The number of anilines is 1. The summed E-state index contributed by atoms with van der Waals surface area (Å²) in [5.74, 6) is 0.436. The molecule has 1 heterocycles. The lowest BCUT2D eigenvalue weighted by molar-refractivity contribution is 0.103. The van der Waals surface area contributed by atoms with Crippen molar-refractivity contribution in [3.63, 3.8) is 0 Å². The molecule has 0 bridgehead atoms. The maximum absolute atomic E-state index is 13.2.